The molecule has 138 valence electrons. The highest BCUT2D eigenvalue weighted by molar-refractivity contribution is 6.30. The molecule has 2 aliphatic rings. The molecule has 2 amide bonds. The first-order chi connectivity index (χ1) is 13.1. The molecule has 27 heavy (non-hydrogen) atoms. The Balaban J connectivity index is 1.57. The quantitative estimate of drug-likeness (QED) is 0.786. The van der Waals surface area contributed by atoms with Gasteiger partial charge in [-0.05, 0) is 61.2 Å². The van der Waals surface area contributed by atoms with E-state index >= 15 is 0 Å². The number of halogens is 1. The van der Waals surface area contributed by atoms with Crippen LogP contribution < -0.4 is 10.1 Å². The SMILES string of the molecule is O=C1Nc2cc(C(=O)N3CCCCC3)ccc2OC1=Cc1cccc(Cl)c1. The van der Waals surface area contributed by atoms with E-state index in [1.54, 1.807) is 36.4 Å². The van der Waals surface area contributed by atoms with Crippen LogP contribution in [-0.2, 0) is 4.79 Å². The number of hydrogen-bond acceptors (Lipinski definition) is 3. The van der Waals surface area contributed by atoms with Crippen LogP contribution in [0.1, 0.15) is 35.2 Å². The maximum atomic E-state index is 12.7. The van der Waals surface area contributed by atoms with Gasteiger partial charge in [-0.1, -0.05) is 23.7 Å². The second kappa shape index (κ2) is 7.45. The van der Waals surface area contributed by atoms with Gasteiger partial charge in [0.25, 0.3) is 11.8 Å². The highest BCUT2D eigenvalue weighted by Crippen LogP contribution is 2.33. The van der Waals surface area contributed by atoms with Crippen molar-refractivity contribution in [2.24, 2.45) is 0 Å². The molecule has 1 fully saturated rings. The largest absolute Gasteiger partial charge is 0.449 e. The Hall–Kier alpha value is -2.79. The van der Waals surface area contributed by atoms with E-state index in [2.05, 4.69) is 5.32 Å². The zero-order valence-corrected chi connectivity index (χ0v) is 15.5. The van der Waals surface area contributed by atoms with E-state index in [1.807, 2.05) is 17.0 Å². The highest BCUT2D eigenvalue weighted by atomic mass is 35.5. The maximum Gasteiger partial charge on any atom is 0.291 e. The highest BCUT2D eigenvalue weighted by Gasteiger charge is 2.25. The third-order valence-electron chi connectivity index (χ3n) is 4.71. The van der Waals surface area contributed by atoms with Gasteiger partial charge in [-0.15, -0.1) is 0 Å². The topological polar surface area (TPSA) is 58.6 Å². The number of likely N-dealkylation sites (tertiary alicyclic amines) is 1. The molecule has 6 heteroatoms. The molecular formula is C21H19ClN2O3. The summed E-state index contributed by atoms with van der Waals surface area (Å²) in [5, 5.41) is 3.39. The van der Waals surface area contributed by atoms with E-state index in [-0.39, 0.29) is 17.6 Å². The third kappa shape index (κ3) is 3.83. The lowest BCUT2D eigenvalue weighted by Crippen LogP contribution is -2.35. The average molecular weight is 383 g/mol. The summed E-state index contributed by atoms with van der Waals surface area (Å²) >= 11 is 5.98. The lowest BCUT2D eigenvalue weighted by molar-refractivity contribution is -0.115. The first kappa shape index (κ1) is 17.6. The van der Waals surface area contributed by atoms with Crippen LogP contribution in [0.2, 0.25) is 5.02 Å². The van der Waals surface area contributed by atoms with Crippen molar-refractivity contribution in [3.8, 4) is 5.75 Å². The fraction of sp³-hybridized carbons (Fsp3) is 0.238. The van der Waals surface area contributed by atoms with Crippen LogP contribution in [0.25, 0.3) is 6.08 Å². The second-order valence-corrected chi connectivity index (χ2v) is 7.12. The summed E-state index contributed by atoms with van der Waals surface area (Å²) < 4.78 is 5.75. The van der Waals surface area contributed by atoms with E-state index in [4.69, 9.17) is 16.3 Å². The minimum absolute atomic E-state index is 0.00739. The summed E-state index contributed by atoms with van der Waals surface area (Å²) in [7, 11) is 0. The van der Waals surface area contributed by atoms with Gasteiger partial charge in [0.1, 0.15) is 0 Å². The minimum Gasteiger partial charge on any atom is -0.449 e. The lowest BCUT2D eigenvalue weighted by Gasteiger charge is -2.27. The Kier molecular flexibility index (Phi) is 4.86. The number of amides is 2. The van der Waals surface area contributed by atoms with Crippen LogP contribution in [0.15, 0.2) is 48.2 Å². The Bertz CT molecular complexity index is 933. The van der Waals surface area contributed by atoms with Crippen molar-refractivity contribution >= 4 is 35.2 Å². The number of nitrogens with one attached hydrogen (secondary N) is 1. The van der Waals surface area contributed by atoms with E-state index in [0.29, 0.717) is 22.0 Å². The predicted octanol–water partition coefficient (Wildman–Crippen LogP) is 4.34. The van der Waals surface area contributed by atoms with Gasteiger partial charge in [0.05, 0.1) is 5.69 Å². The Labute approximate surface area is 162 Å². The maximum absolute atomic E-state index is 12.7. The summed E-state index contributed by atoms with van der Waals surface area (Å²) in [6.07, 6.45) is 4.87. The average Bonchev–Trinajstić information content (AvgIpc) is 2.68. The molecular weight excluding hydrogens is 364 g/mol. The number of carbonyl (C=O) groups excluding carboxylic acids is 2. The fourth-order valence-corrected chi connectivity index (χ4v) is 3.52. The molecule has 0 saturated carbocycles. The van der Waals surface area contributed by atoms with Crippen molar-refractivity contribution in [2.75, 3.05) is 18.4 Å². The third-order valence-corrected chi connectivity index (χ3v) is 4.94. The molecule has 0 atom stereocenters. The molecule has 2 aliphatic heterocycles. The number of carbonyl (C=O) groups is 2. The molecule has 0 spiro atoms. The molecule has 1 saturated heterocycles. The molecule has 4 rings (SSSR count). The summed E-state index contributed by atoms with van der Waals surface area (Å²) in [5.74, 6) is 0.329. The van der Waals surface area contributed by atoms with Gasteiger partial charge < -0.3 is 15.0 Å². The van der Waals surface area contributed by atoms with Crippen molar-refractivity contribution in [3.63, 3.8) is 0 Å². The molecule has 0 bridgehead atoms. The van der Waals surface area contributed by atoms with E-state index < -0.39 is 0 Å². The van der Waals surface area contributed by atoms with Gasteiger partial charge in [0, 0.05) is 23.7 Å². The molecule has 0 radical (unpaired) electrons. The molecule has 2 aromatic carbocycles. The second-order valence-electron chi connectivity index (χ2n) is 6.68. The van der Waals surface area contributed by atoms with Crippen LogP contribution in [0.5, 0.6) is 5.75 Å². The Morgan fingerprint density at radius 3 is 2.70 bits per heavy atom. The molecule has 2 heterocycles. The Morgan fingerprint density at radius 2 is 1.93 bits per heavy atom. The van der Waals surface area contributed by atoms with Crippen LogP contribution in [-0.4, -0.2) is 29.8 Å². The molecule has 2 aromatic rings. The monoisotopic (exact) mass is 382 g/mol. The standard InChI is InChI=1S/C21H19ClN2O3/c22-16-6-4-5-14(11-16)12-19-20(25)23-17-13-15(7-8-18(17)27-19)21(26)24-9-2-1-3-10-24/h4-8,11-13H,1-3,9-10H2,(H,23,25). The van der Waals surface area contributed by atoms with Crippen molar-refractivity contribution in [1.29, 1.82) is 0 Å². The summed E-state index contributed by atoms with van der Waals surface area (Å²) in [6, 6.07) is 12.3. The number of anilines is 1. The number of nitrogens with zero attached hydrogens (tertiary/aromatic N) is 1. The normalized spacial score (nSPS) is 17.9. The lowest BCUT2D eigenvalue weighted by atomic mass is 10.1. The van der Waals surface area contributed by atoms with E-state index in [1.165, 1.54) is 6.42 Å². The van der Waals surface area contributed by atoms with E-state index in [0.717, 1.165) is 31.5 Å². The molecule has 0 aromatic heterocycles. The number of piperidine rings is 1. The predicted molar refractivity (Wildman–Crippen MR) is 105 cm³/mol. The number of benzene rings is 2. The number of hydrogen-bond donors (Lipinski definition) is 1. The number of fused-ring (bicyclic) bond motifs is 1. The van der Waals surface area contributed by atoms with Crippen LogP contribution in [0.3, 0.4) is 0 Å². The zero-order chi connectivity index (χ0) is 18.8. The molecule has 1 N–H and O–H groups in total. The summed E-state index contributed by atoms with van der Waals surface area (Å²) in [6.45, 7) is 1.57. The number of rotatable bonds is 2. The van der Waals surface area contributed by atoms with Gasteiger partial charge in [-0.3, -0.25) is 9.59 Å². The number of ether oxygens (including phenoxy) is 1. The van der Waals surface area contributed by atoms with Gasteiger partial charge in [-0.2, -0.15) is 0 Å². The smallest absolute Gasteiger partial charge is 0.291 e. The van der Waals surface area contributed by atoms with Crippen LogP contribution in [0, 0.1) is 0 Å². The Morgan fingerprint density at radius 1 is 1.11 bits per heavy atom. The zero-order valence-electron chi connectivity index (χ0n) is 14.7. The van der Waals surface area contributed by atoms with Crippen molar-refractivity contribution in [2.45, 2.75) is 19.3 Å². The van der Waals surface area contributed by atoms with Gasteiger partial charge in [0.2, 0.25) is 0 Å². The molecule has 0 aliphatic carbocycles. The van der Waals surface area contributed by atoms with Gasteiger partial charge in [0.15, 0.2) is 11.5 Å². The summed E-state index contributed by atoms with van der Waals surface area (Å²) in [4.78, 5) is 26.9. The van der Waals surface area contributed by atoms with Crippen LogP contribution >= 0.6 is 11.6 Å². The molecule has 5 nitrogen and oxygen atoms in total. The van der Waals surface area contributed by atoms with E-state index in [9.17, 15) is 9.59 Å². The summed E-state index contributed by atoms with van der Waals surface area (Å²) in [5.41, 5.74) is 1.83. The fourth-order valence-electron chi connectivity index (χ4n) is 3.32. The van der Waals surface area contributed by atoms with Crippen molar-refractivity contribution < 1.29 is 14.3 Å². The minimum atomic E-state index is -0.356. The van der Waals surface area contributed by atoms with Gasteiger partial charge >= 0.3 is 0 Å². The van der Waals surface area contributed by atoms with Crippen LogP contribution in [0.4, 0.5) is 5.69 Å². The first-order valence-electron chi connectivity index (χ1n) is 9.00. The van der Waals surface area contributed by atoms with Crippen molar-refractivity contribution in [1.82, 2.24) is 4.90 Å². The van der Waals surface area contributed by atoms with Gasteiger partial charge in [-0.25, -0.2) is 0 Å². The molecule has 0 unspecified atom stereocenters. The van der Waals surface area contributed by atoms with Crippen molar-refractivity contribution in [3.05, 3.63) is 64.4 Å². The first-order valence-corrected chi connectivity index (χ1v) is 9.38.